The molecule has 0 aromatic carbocycles. The maximum atomic E-state index is 11.5. The smallest absolute Gasteiger partial charge is 0.222 e. The van der Waals surface area contributed by atoms with Crippen molar-refractivity contribution in [1.82, 2.24) is 4.90 Å². The molecule has 0 aromatic heterocycles. The van der Waals surface area contributed by atoms with E-state index in [-0.39, 0.29) is 0 Å². The van der Waals surface area contributed by atoms with Crippen molar-refractivity contribution >= 4 is 5.91 Å². The van der Waals surface area contributed by atoms with E-state index >= 15 is 0 Å². The van der Waals surface area contributed by atoms with Crippen LogP contribution in [-0.2, 0) is 4.79 Å². The lowest BCUT2D eigenvalue weighted by atomic mass is 9.94. The number of carbonyl (C=O) groups excluding carboxylic acids is 1. The maximum Gasteiger partial charge on any atom is 0.222 e. The predicted molar refractivity (Wildman–Crippen MR) is 47.8 cm³/mol. The predicted octanol–water partition coefficient (Wildman–Crippen LogP) is 1.80. The summed E-state index contributed by atoms with van der Waals surface area (Å²) < 4.78 is 0. The van der Waals surface area contributed by atoms with Gasteiger partial charge in [-0.15, -0.1) is 0 Å². The van der Waals surface area contributed by atoms with Gasteiger partial charge in [0.05, 0.1) is 0 Å². The quantitative estimate of drug-likeness (QED) is 0.583. The Balaban J connectivity index is 2.05. The zero-order valence-electron chi connectivity index (χ0n) is 7.97. The van der Waals surface area contributed by atoms with Crippen molar-refractivity contribution in [2.75, 3.05) is 6.54 Å². The summed E-state index contributed by atoms with van der Waals surface area (Å²) >= 11 is 0. The molecule has 0 bridgehead atoms. The molecular formula is C10H17NO. The van der Waals surface area contributed by atoms with Gasteiger partial charge in [-0.3, -0.25) is 4.79 Å². The molecule has 1 spiro atoms. The fourth-order valence-electron chi connectivity index (χ4n) is 2.10. The number of hydrogen-bond acceptors (Lipinski definition) is 1. The van der Waals surface area contributed by atoms with Crippen LogP contribution in [0.2, 0.25) is 0 Å². The summed E-state index contributed by atoms with van der Waals surface area (Å²) in [5.74, 6) is 0.363. The average Bonchev–Trinajstić information content (AvgIpc) is 2.76. The van der Waals surface area contributed by atoms with Gasteiger partial charge in [0.2, 0.25) is 5.91 Å². The summed E-state index contributed by atoms with van der Waals surface area (Å²) in [6.45, 7) is 5.25. The van der Waals surface area contributed by atoms with Gasteiger partial charge in [0.25, 0.3) is 0 Å². The van der Waals surface area contributed by atoms with Gasteiger partial charge in [-0.2, -0.15) is 0 Å². The number of likely N-dealkylation sites (tertiary alicyclic amines) is 1. The Bertz CT molecular complexity index is 206. The Kier molecular flexibility index (Phi) is 1.67. The zero-order chi connectivity index (χ0) is 8.77. The molecule has 1 aliphatic heterocycles. The zero-order valence-corrected chi connectivity index (χ0v) is 7.97. The van der Waals surface area contributed by atoms with Crippen LogP contribution in [0.25, 0.3) is 0 Å². The molecule has 0 N–H and O–H groups in total. The van der Waals surface area contributed by atoms with Crippen molar-refractivity contribution in [2.24, 2.45) is 5.41 Å². The van der Waals surface area contributed by atoms with Crippen LogP contribution in [0.15, 0.2) is 0 Å². The van der Waals surface area contributed by atoms with E-state index in [2.05, 4.69) is 18.7 Å². The van der Waals surface area contributed by atoms with E-state index in [4.69, 9.17) is 0 Å². The van der Waals surface area contributed by atoms with Gasteiger partial charge in [0, 0.05) is 19.0 Å². The first kappa shape index (κ1) is 8.09. The van der Waals surface area contributed by atoms with E-state index in [0.717, 1.165) is 19.4 Å². The lowest BCUT2D eigenvalue weighted by molar-refractivity contribution is -0.137. The summed E-state index contributed by atoms with van der Waals surface area (Å²) in [5.41, 5.74) is 0.568. The molecule has 0 atom stereocenters. The summed E-state index contributed by atoms with van der Waals surface area (Å²) in [6, 6.07) is 0.398. The molecule has 2 rings (SSSR count). The Morgan fingerprint density at radius 1 is 1.33 bits per heavy atom. The molecule has 2 nitrogen and oxygen atoms in total. The topological polar surface area (TPSA) is 20.3 Å². The van der Waals surface area contributed by atoms with Crippen LogP contribution in [0.1, 0.15) is 39.5 Å². The van der Waals surface area contributed by atoms with Crippen LogP contribution >= 0.6 is 0 Å². The molecular weight excluding hydrogens is 150 g/mol. The molecule has 2 heteroatoms. The third-order valence-corrected chi connectivity index (χ3v) is 3.28. The molecule has 2 aliphatic rings. The second kappa shape index (κ2) is 2.48. The largest absolute Gasteiger partial charge is 0.340 e. The number of amides is 1. The number of rotatable bonds is 1. The fourth-order valence-corrected chi connectivity index (χ4v) is 2.10. The molecule has 1 saturated carbocycles. The van der Waals surface area contributed by atoms with Gasteiger partial charge in [-0.1, -0.05) is 0 Å². The van der Waals surface area contributed by atoms with E-state index in [1.165, 1.54) is 12.8 Å². The van der Waals surface area contributed by atoms with Crippen molar-refractivity contribution in [3.63, 3.8) is 0 Å². The van der Waals surface area contributed by atoms with Gasteiger partial charge in [0.1, 0.15) is 0 Å². The SMILES string of the molecule is CC(C)N1CC2(CCC1=O)CC2. The maximum absolute atomic E-state index is 11.5. The van der Waals surface area contributed by atoms with Gasteiger partial charge in [-0.05, 0) is 38.5 Å². The summed E-state index contributed by atoms with van der Waals surface area (Å²) in [7, 11) is 0. The average molecular weight is 167 g/mol. The minimum absolute atomic E-state index is 0.363. The van der Waals surface area contributed by atoms with Crippen molar-refractivity contribution in [1.29, 1.82) is 0 Å². The van der Waals surface area contributed by atoms with Crippen LogP contribution in [0.4, 0.5) is 0 Å². The highest BCUT2D eigenvalue weighted by Crippen LogP contribution is 2.52. The second-order valence-corrected chi connectivity index (χ2v) is 4.62. The molecule has 1 saturated heterocycles. The number of hydrogen-bond donors (Lipinski definition) is 0. The standard InChI is InChI=1S/C10H17NO/c1-8(2)11-7-10(5-6-10)4-3-9(11)12/h8H,3-7H2,1-2H3. The molecule has 2 fully saturated rings. The Labute approximate surface area is 73.9 Å². The molecule has 68 valence electrons. The van der Waals surface area contributed by atoms with E-state index in [0.29, 0.717) is 17.4 Å². The lowest BCUT2D eigenvalue weighted by Gasteiger charge is -2.35. The van der Waals surface area contributed by atoms with Gasteiger partial charge < -0.3 is 4.90 Å². The van der Waals surface area contributed by atoms with E-state index in [1.54, 1.807) is 0 Å². The summed E-state index contributed by atoms with van der Waals surface area (Å²) in [4.78, 5) is 13.5. The van der Waals surface area contributed by atoms with Crippen LogP contribution in [0.3, 0.4) is 0 Å². The van der Waals surface area contributed by atoms with Crippen LogP contribution in [-0.4, -0.2) is 23.4 Å². The van der Waals surface area contributed by atoms with Gasteiger partial charge in [-0.25, -0.2) is 0 Å². The summed E-state index contributed by atoms with van der Waals surface area (Å²) in [5, 5.41) is 0. The van der Waals surface area contributed by atoms with E-state index < -0.39 is 0 Å². The number of nitrogens with zero attached hydrogens (tertiary/aromatic N) is 1. The van der Waals surface area contributed by atoms with Crippen LogP contribution < -0.4 is 0 Å². The van der Waals surface area contributed by atoms with Crippen LogP contribution in [0, 0.1) is 5.41 Å². The van der Waals surface area contributed by atoms with Gasteiger partial charge >= 0.3 is 0 Å². The molecule has 0 aromatic rings. The minimum Gasteiger partial charge on any atom is -0.340 e. The monoisotopic (exact) mass is 167 g/mol. The minimum atomic E-state index is 0.363. The fraction of sp³-hybridized carbons (Fsp3) is 0.900. The van der Waals surface area contributed by atoms with Crippen molar-refractivity contribution < 1.29 is 4.79 Å². The molecule has 0 unspecified atom stereocenters. The Hall–Kier alpha value is -0.530. The lowest BCUT2D eigenvalue weighted by Crippen LogP contribution is -2.44. The number of carbonyl (C=O) groups is 1. The normalized spacial score (nSPS) is 26.9. The first-order chi connectivity index (χ1) is 5.63. The second-order valence-electron chi connectivity index (χ2n) is 4.62. The molecule has 1 amide bonds. The van der Waals surface area contributed by atoms with Gasteiger partial charge in [0.15, 0.2) is 0 Å². The first-order valence-corrected chi connectivity index (χ1v) is 4.92. The third-order valence-electron chi connectivity index (χ3n) is 3.28. The van der Waals surface area contributed by atoms with E-state index in [9.17, 15) is 4.79 Å². The first-order valence-electron chi connectivity index (χ1n) is 4.92. The molecule has 1 heterocycles. The molecule has 0 radical (unpaired) electrons. The molecule has 12 heavy (non-hydrogen) atoms. The molecule has 1 aliphatic carbocycles. The van der Waals surface area contributed by atoms with Crippen LogP contribution in [0.5, 0.6) is 0 Å². The Morgan fingerprint density at radius 3 is 2.50 bits per heavy atom. The Morgan fingerprint density at radius 2 is 2.00 bits per heavy atom. The van der Waals surface area contributed by atoms with Crippen molar-refractivity contribution in [2.45, 2.75) is 45.6 Å². The highest BCUT2D eigenvalue weighted by molar-refractivity contribution is 5.77. The van der Waals surface area contributed by atoms with Crippen molar-refractivity contribution in [3.05, 3.63) is 0 Å². The van der Waals surface area contributed by atoms with Crippen molar-refractivity contribution in [3.8, 4) is 0 Å². The third kappa shape index (κ3) is 1.23. The highest BCUT2D eigenvalue weighted by Gasteiger charge is 2.47. The summed E-state index contributed by atoms with van der Waals surface area (Å²) in [6.07, 6.45) is 4.64. The number of piperidine rings is 1. The van der Waals surface area contributed by atoms with E-state index in [1.807, 2.05) is 0 Å². The highest BCUT2D eigenvalue weighted by atomic mass is 16.2.